The van der Waals surface area contributed by atoms with Gasteiger partial charge in [0, 0.05) is 39.4 Å². The lowest BCUT2D eigenvalue weighted by Gasteiger charge is -2.17. The Morgan fingerprint density at radius 2 is 1.58 bits per heavy atom. The summed E-state index contributed by atoms with van der Waals surface area (Å²) in [5, 5.41) is 5.82. The molecule has 0 atom stereocenters. The number of hydrogen-bond acceptors (Lipinski definition) is 3. The monoisotopic (exact) mass is 354 g/mol. The Balaban J connectivity index is 1.58. The van der Waals surface area contributed by atoms with E-state index in [4.69, 9.17) is 0 Å². The molecule has 0 heterocycles. The second kappa shape index (κ2) is 10.5. The first kappa shape index (κ1) is 19.8. The molecule has 26 heavy (non-hydrogen) atoms. The van der Waals surface area contributed by atoms with Crippen LogP contribution in [0, 0.1) is 0 Å². The lowest BCUT2D eigenvalue weighted by molar-refractivity contribution is 0.239. The third kappa shape index (κ3) is 7.15. The fourth-order valence-corrected chi connectivity index (χ4v) is 2.68. The van der Waals surface area contributed by atoms with Gasteiger partial charge in [0.2, 0.25) is 0 Å². The topological polar surface area (TPSA) is 47.6 Å². The Morgan fingerprint density at radius 1 is 0.885 bits per heavy atom. The van der Waals surface area contributed by atoms with Gasteiger partial charge in [0.05, 0.1) is 0 Å². The molecule has 0 fully saturated rings. The number of carbonyl (C=O) groups is 1. The highest BCUT2D eigenvalue weighted by Crippen LogP contribution is 2.11. The van der Waals surface area contributed by atoms with Gasteiger partial charge in [-0.15, -0.1) is 0 Å². The SMILES string of the molecule is CN(CCCNC(=O)NCc1ccc(N(C)C)cc1)Cc1ccccc1. The summed E-state index contributed by atoms with van der Waals surface area (Å²) < 4.78 is 0. The number of amides is 2. The molecule has 5 heteroatoms. The molecule has 0 spiro atoms. The molecule has 140 valence electrons. The fraction of sp³-hybridized carbons (Fsp3) is 0.381. The van der Waals surface area contributed by atoms with Crippen LogP contribution in [0.25, 0.3) is 0 Å². The van der Waals surface area contributed by atoms with E-state index >= 15 is 0 Å². The standard InChI is InChI=1S/C21H30N4O/c1-24(2)20-12-10-18(11-13-20)16-23-21(26)22-14-7-15-25(3)17-19-8-5-4-6-9-19/h4-6,8-13H,7,14-17H2,1-3H3,(H2,22,23,26). The molecule has 0 bridgehead atoms. The van der Waals surface area contributed by atoms with Gasteiger partial charge in [0.15, 0.2) is 0 Å². The summed E-state index contributed by atoms with van der Waals surface area (Å²) in [5.41, 5.74) is 3.55. The third-order valence-electron chi connectivity index (χ3n) is 4.20. The summed E-state index contributed by atoms with van der Waals surface area (Å²) in [4.78, 5) is 16.2. The molecule has 0 aliphatic rings. The quantitative estimate of drug-likeness (QED) is 0.681. The number of urea groups is 1. The van der Waals surface area contributed by atoms with Crippen molar-refractivity contribution in [1.82, 2.24) is 15.5 Å². The Labute approximate surface area is 157 Å². The van der Waals surface area contributed by atoms with Gasteiger partial charge in [-0.05, 0) is 43.3 Å². The first-order valence-electron chi connectivity index (χ1n) is 9.05. The number of carbonyl (C=O) groups excluding carboxylic acids is 1. The van der Waals surface area contributed by atoms with Crippen LogP contribution in [0.5, 0.6) is 0 Å². The van der Waals surface area contributed by atoms with Crippen molar-refractivity contribution < 1.29 is 4.79 Å². The average molecular weight is 354 g/mol. The highest BCUT2D eigenvalue weighted by atomic mass is 16.2. The number of nitrogens with zero attached hydrogens (tertiary/aromatic N) is 2. The van der Waals surface area contributed by atoms with Gasteiger partial charge in [-0.3, -0.25) is 0 Å². The van der Waals surface area contributed by atoms with Gasteiger partial charge in [-0.25, -0.2) is 4.79 Å². The summed E-state index contributed by atoms with van der Waals surface area (Å²) >= 11 is 0. The molecule has 0 radical (unpaired) electrons. The van der Waals surface area contributed by atoms with Crippen LogP contribution < -0.4 is 15.5 Å². The van der Waals surface area contributed by atoms with Crippen LogP contribution in [-0.4, -0.2) is 45.2 Å². The van der Waals surface area contributed by atoms with E-state index in [2.05, 4.69) is 63.9 Å². The molecule has 2 amide bonds. The van der Waals surface area contributed by atoms with Crippen molar-refractivity contribution >= 4 is 11.7 Å². The number of benzene rings is 2. The average Bonchev–Trinajstić information content (AvgIpc) is 2.64. The summed E-state index contributed by atoms with van der Waals surface area (Å²) in [5.74, 6) is 0. The molecule has 0 aromatic heterocycles. The molecule has 2 N–H and O–H groups in total. The Bertz CT molecular complexity index is 655. The summed E-state index contributed by atoms with van der Waals surface area (Å²) in [6, 6.07) is 18.5. The van der Waals surface area contributed by atoms with Gasteiger partial charge in [0.25, 0.3) is 0 Å². The van der Waals surface area contributed by atoms with Crippen LogP contribution in [0.1, 0.15) is 17.5 Å². The molecule has 0 aliphatic heterocycles. The second-order valence-corrected chi connectivity index (χ2v) is 6.75. The number of anilines is 1. The summed E-state index contributed by atoms with van der Waals surface area (Å²) in [6.45, 7) is 3.08. The van der Waals surface area contributed by atoms with Gasteiger partial charge >= 0.3 is 6.03 Å². The molecule has 2 aromatic carbocycles. The Hall–Kier alpha value is -2.53. The van der Waals surface area contributed by atoms with Crippen molar-refractivity contribution in [2.75, 3.05) is 39.1 Å². The second-order valence-electron chi connectivity index (χ2n) is 6.75. The van der Waals surface area contributed by atoms with Gasteiger partial charge in [-0.1, -0.05) is 42.5 Å². The van der Waals surface area contributed by atoms with Crippen molar-refractivity contribution in [3.05, 3.63) is 65.7 Å². The summed E-state index contributed by atoms with van der Waals surface area (Å²) in [7, 11) is 6.13. The first-order chi connectivity index (χ1) is 12.5. The maximum absolute atomic E-state index is 11.9. The first-order valence-corrected chi connectivity index (χ1v) is 9.05. The number of hydrogen-bond donors (Lipinski definition) is 2. The molecular formula is C21H30N4O. The maximum Gasteiger partial charge on any atom is 0.315 e. The smallest absolute Gasteiger partial charge is 0.315 e. The van der Waals surface area contributed by atoms with E-state index in [1.54, 1.807) is 0 Å². The molecule has 0 saturated heterocycles. The van der Waals surface area contributed by atoms with Crippen LogP contribution in [0.15, 0.2) is 54.6 Å². The van der Waals surface area contributed by atoms with E-state index in [1.807, 2.05) is 32.3 Å². The molecule has 2 rings (SSSR count). The van der Waals surface area contributed by atoms with Crippen LogP contribution in [0.3, 0.4) is 0 Å². The van der Waals surface area contributed by atoms with Gasteiger partial charge in [0.1, 0.15) is 0 Å². The molecule has 0 unspecified atom stereocenters. The van der Waals surface area contributed by atoms with E-state index in [-0.39, 0.29) is 6.03 Å². The zero-order chi connectivity index (χ0) is 18.8. The van der Waals surface area contributed by atoms with Gasteiger partial charge in [-0.2, -0.15) is 0 Å². The highest BCUT2D eigenvalue weighted by Gasteiger charge is 2.03. The Morgan fingerprint density at radius 3 is 2.23 bits per heavy atom. The zero-order valence-electron chi connectivity index (χ0n) is 16.0. The maximum atomic E-state index is 11.9. The molecule has 0 saturated carbocycles. The largest absolute Gasteiger partial charge is 0.378 e. The van der Waals surface area contributed by atoms with Crippen molar-refractivity contribution in [3.8, 4) is 0 Å². The van der Waals surface area contributed by atoms with Crippen LogP contribution in [-0.2, 0) is 13.1 Å². The van der Waals surface area contributed by atoms with Crippen LogP contribution >= 0.6 is 0 Å². The van der Waals surface area contributed by atoms with Gasteiger partial charge < -0.3 is 20.4 Å². The summed E-state index contributed by atoms with van der Waals surface area (Å²) in [6.07, 6.45) is 0.925. The van der Waals surface area contributed by atoms with Crippen molar-refractivity contribution in [3.63, 3.8) is 0 Å². The number of rotatable bonds is 9. The molecular weight excluding hydrogens is 324 g/mol. The Kier molecular flexibility index (Phi) is 7.96. The predicted octanol–water partition coefficient (Wildman–Crippen LogP) is 3.07. The molecule has 0 aliphatic carbocycles. The minimum Gasteiger partial charge on any atom is -0.378 e. The highest BCUT2D eigenvalue weighted by molar-refractivity contribution is 5.73. The fourth-order valence-electron chi connectivity index (χ4n) is 2.68. The lowest BCUT2D eigenvalue weighted by Crippen LogP contribution is -2.36. The molecule has 2 aromatic rings. The van der Waals surface area contributed by atoms with E-state index in [0.29, 0.717) is 13.1 Å². The normalized spacial score (nSPS) is 10.6. The van der Waals surface area contributed by atoms with Crippen molar-refractivity contribution in [1.29, 1.82) is 0 Å². The van der Waals surface area contributed by atoms with E-state index in [0.717, 1.165) is 30.8 Å². The van der Waals surface area contributed by atoms with Crippen molar-refractivity contribution in [2.45, 2.75) is 19.5 Å². The van der Waals surface area contributed by atoms with Crippen LogP contribution in [0.4, 0.5) is 10.5 Å². The minimum absolute atomic E-state index is 0.118. The zero-order valence-corrected chi connectivity index (χ0v) is 16.0. The lowest BCUT2D eigenvalue weighted by atomic mass is 10.2. The molecule has 5 nitrogen and oxygen atoms in total. The van der Waals surface area contributed by atoms with E-state index < -0.39 is 0 Å². The van der Waals surface area contributed by atoms with E-state index in [1.165, 1.54) is 5.56 Å². The van der Waals surface area contributed by atoms with E-state index in [9.17, 15) is 4.79 Å². The van der Waals surface area contributed by atoms with Crippen molar-refractivity contribution in [2.24, 2.45) is 0 Å². The van der Waals surface area contributed by atoms with Crippen LogP contribution in [0.2, 0.25) is 0 Å². The predicted molar refractivity (Wildman–Crippen MR) is 108 cm³/mol. The minimum atomic E-state index is -0.118. The number of nitrogens with one attached hydrogen (secondary N) is 2. The third-order valence-corrected chi connectivity index (χ3v) is 4.20.